The lowest BCUT2D eigenvalue weighted by molar-refractivity contribution is 0.471. The zero-order valence-corrected chi connectivity index (χ0v) is 14.4. The van der Waals surface area contributed by atoms with Crippen LogP contribution in [0.3, 0.4) is 0 Å². The first-order chi connectivity index (χ1) is 10.3. The van der Waals surface area contributed by atoms with Crippen LogP contribution >= 0.6 is 0 Å². The molecule has 1 heteroatoms. The maximum atomic E-state index is 9.47. The van der Waals surface area contributed by atoms with E-state index in [4.69, 9.17) is 0 Å². The molecule has 0 bridgehead atoms. The molecule has 0 saturated carbocycles. The highest BCUT2D eigenvalue weighted by Gasteiger charge is 2.24. The van der Waals surface area contributed by atoms with Gasteiger partial charge in [-0.15, -0.1) is 0 Å². The zero-order chi connectivity index (χ0) is 16.3. The van der Waals surface area contributed by atoms with Crippen molar-refractivity contribution >= 4 is 0 Å². The minimum atomic E-state index is 0.151. The number of hydrogen-bond donors (Lipinski definition) is 1. The second-order valence-electron chi connectivity index (χ2n) is 7.56. The monoisotopic (exact) mass is 296 g/mol. The number of phenolic OH excluding ortho intramolecular Hbond substituents is 1. The number of hydrogen-bond acceptors (Lipinski definition) is 1. The van der Waals surface area contributed by atoms with E-state index in [-0.39, 0.29) is 5.41 Å². The zero-order valence-electron chi connectivity index (χ0n) is 14.4. The van der Waals surface area contributed by atoms with Gasteiger partial charge in [0, 0.05) is 0 Å². The minimum absolute atomic E-state index is 0.151. The molecule has 0 radical (unpaired) electrons. The first-order valence-corrected chi connectivity index (χ1v) is 8.16. The lowest BCUT2D eigenvalue weighted by Gasteiger charge is -2.30. The molecule has 0 aliphatic carbocycles. The van der Waals surface area contributed by atoms with Crippen molar-refractivity contribution in [1.82, 2.24) is 0 Å². The average molecular weight is 296 g/mol. The van der Waals surface area contributed by atoms with E-state index in [0.717, 1.165) is 6.42 Å². The topological polar surface area (TPSA) is 20.2 Å². The molecule has 0 aliphatic rings. The third-order valence-corrected chi connectivity index (χ3v) is 4.36. The summed E-state index contributed by atoms with van der Waals surface area (Å²) in [6.45, 7) is 11.4. The van der Waals surface area contributed by atoms with E-state index in [1.807, 2.05) is 12.1 Å². The molecule has 1 atom stereocenters. The lowest BCUT2D eigenvalue weighted by Crippen LogP contribution is -2.19. The van der Waals surface area contributed by atoms with Gasteiger partial charge in [-0.25, -0.2) is 0 Å². The summed E-state index contributed by atoms with van der Waals surface area (Å²) in [5.74, 6) is 1.39. The summed E-state index contributed by atoms with van der Waals surface area (Å²) in [5, 5.41) is 9.47. The summed E-state index contributed by atoms with van der Waals surface area (Å²) in [7, 11) is 0. The second-order valence-corrected chi connectivity index (χ2v) is 7.56. The van der Waals surface area contributed by atoms with Gasteiger partial charge in [-0.3, -0.25) is 0 Å². The third kappa shape index (κ3) is 3.91. The Morgan fingerprint density at radius 3 is 2.05 bits per heavy atom. The van der Waals surface area contributed by atoms with E-state index in [1.54, 1.807) is 12.1 Å². The molecule has 0 aliphatic heterocycles. The molecule has 1 N–H and O–H groups in total. The molecular weight excluding hydrogens is 268 g/mol. The van der Waals surface area contributed by atoms with Crippen LogP contribution in [0, 0.1) is 5.92 Å². The number of rotatable bonds is 4. The van der Waals surface area contributed by atoms with Gasteiger partial charge >= 0.3 is 0 Å². The van der Waals surface area contributed by atoms with Crippen molar-refractivity contribution in [3.8, 4) is 5.75 Å². The predicted molar refractivity (Wildman–Crippen MR) is 94.5 cm³/mol. The van der Waals surface area contributed by atoms with Gasteiger partial charge in [-0.1, -0.05) is 71.0 Å². The molecular formula is C21H28O. The SMILES string of the molecule is CC(C)C(Cc1ccc(O)cc1)c1ccccc1C(C)(C)C. The van der Waals surface area contributed by atoms with E-state index >= 15 is 0 Å². The van der Waals surface area contributed by atoms with Crippen molar-refractivity contribution < 1.29 is 5.11 Å². The van der Waals surface area contributed by atoms with Gasteiger partial charge in [0.2, 0.25) is 0 Å². The molecule has 1 nitrogen and oxygen atoms in total. The lowest BCUT2D eigenvalue weighted by atomic mass is 9.75. The Kier molecular flexibility index (Phi) is 4.95. The van der Waals surface area contributed by atoms with Crippen molar-refractivity contribution in [1.29, 1.82) is 0 Å². The number of aromatic hydroxyl groups is 1. The van der Waals surface area contributed by atoms with E-state index in [0.29, 0.717) is 17.6 Å². The normalized spacial score (nSPS) is 13.4. The largest absolute Gasteiger partial charge is 0.508 e. The van der Waals surface area contributed by atoms with Crippen molar-refractivity contribution in [3.05, 3.63) is 65.2 Å². The highest BCUT2D eigenvalue weighted by Crippen LogP contribution is 2.36. The standard InChI is InChI=1S/C21H28O/c1-15(2)19(14-16-10-12-17(22)13-11-16)18-8-6-7-9-20(18)21(3,4)5/h6-13,15,19,22H,14H2,1-5H3. The van der Waals surface area contributed by atoms with E-state index in [9.17, 15) is 5.11 Å². The van der Waals surface area contributed by atoms with Crippen molar-refractivity contribution in [2.75, 3.05) is 0 Å². The molecule has 0 heterocycles. The Morgan fingerprint density at radius 2 is 1.50 bits per heavy atom. The fraction of sp³-hybridized carbons (Fsp3) is 0.429. The molecule has 0 aromatic heterocycles. The van der Waals surface area contributed by atoms with Gasteiger partial charge in [0.1, 0.15) is 5.75 Å². The van der Waals surface area contributed by atoms with Gasteiger partial charge in [0.05, 0.1) is 0 Å². The smallest absolute Gasteiger partial charge is 0.115 e. The van der Waals surface area contributed by atoms with Crippen molar-refractivity contribution in [2.24, 2.45) is 5.92 Å². The van der Waals surface area contributed by atoms with Crippen LogP contribution in [0.5, 0.6) is 5.75 Å². The molecule has 0 spiro atoms. The fourth-order valence-electron chi connectivity index (χ4n) is 3.09. The van der Waals surface area contributed by atoms with Crippen molar-refractivity contribution in [3.63, 3.8) is 0 Å². The van der Waals surface area contributed by atoms with Crippen molar-refractivity contribution in [2.45, 2.75) is 52.4 Å². The predicted octanol–water partition coefficient (Wildman–Crippen LogP) is 5.67. The van der Waals surface area contributed by atoms with Gasteiger partial charge < -0.3 is 5.11 Å². The summed E-state index contributed by atoms with van der Waals surface area (Å²) >= 11 is 0. The summed E-state index contributed by atoms with van der Waals surface area (Å²) < 4.78 is 0. The minimum Gasteiger partial charge on any atom is -0.508 e. The van der Waals surface area contributed by atoms with E-state index in [2.05, 4.69) is 58.9 Å². The highest BCUT2D eigenvalue weighted by molar-refractivity contribution is 5.37. The Bertz CT molecular complexity index is 603. The van der Waals surface area contributed by atoms with Crippen LogP contribution in [-0.4, -0.2) is 5.11 Å². The molecule has 0 saturated heterocycles. The second kappa shape index (κ2) is 6.56. The summed E-state index contributed by atoms with van der Waals surface area (Å²) in [6.07, 6.45) is 1.00. The highest BCUT2D eigenvalue weighted by atomic mass is 16.3. The van der Waals surface area contributed by atoms with Crippen LogP contribution in [0.1, 0.15) is 57.2 Å². The summed E-state index contributed by atoms with van der Waals surface area (Å²) in [4.78, 5) is 0. The Labute approximate surface area is 135 Å². The molecule has 2 aromatic rings. The van der Waals surface area contributed by atoms with E-state index in [1.165, 1.54) is 16.7 Å². The average Bonchev–Trinajstić information content (AvgIpc) is 2.45. The van der Waals surface area contributed by atoms with Gasteiger partial charge in [-0.05, 0) is 52.5 Å². The Morgan fingerprint density at radius 1 is 0.909 bits per heavy atom. The molecule has 1 unspecified atom stereocenters. The molecule has 2 rings (SSSR count). The molecule has 0 fully saturated rings. The fourth-order valence-corrected chi connectivity index (χ4v) is 3.09. The van der Waals surface area contributed by atoms with Gasteiger partial charge in [0.25, 0.3) is 0 Å². The van der Waals surface area contributed by atoms with Crippen LogP contribution in [0.15, 0.2) is 48.5 Å². The molecule has 0 amide bonds. The summed E-state index contributed by atoms with van der Waals surface area (Å²) in [5.41, 5.74) is 4.32. The maximum absolute atomic E-state index is 9.47. The number of benzene rings is 2. The maximum Gasteiger partial charge on any atom is 0.115 e. The van der Waals surface area contributed by atoms with Crippen LogP contribution in [-0.2, 0) is 11.8 Å². The van der Waals surface area contributed by atoms with Crippen LogP contribution in [0.25, 0.3) is 0 Å². The van der Waals surface area contributed by atoms with Crippen LogP contribution in [0.4, 0.5) is 0 Å². The summed E-state index contributed by atoms with van der Waals surface area (Å²) in [6, 6.07) is 16.5. The first kappa shape index (κ1) is 16.6. The first-order valence-electron chi connectivity index (χ1n) is 8.16. The molecule has 22 heavy (non-hydrogen) atoms. The van der Waals surface area contributed by atoms with Crippen LogP contribution in [0.2, 0.25) is 0 Å². The number of phenols is 1. The Hall–Kier alpha value is -1.76. The van der Waals surface area contributed by atoms with Crippen LogP contribution < -0.4 is 0 Å². The third-order valence-electron chi connectivity index (χ3n) is 4.36. The van der Waals surface area contributed by atoms with E-state index < -0.39 is 0 Å². The van der Waals surface area contributed by atoms with Gasteiger partial charge in [0.15, 0.2) is 0 Å². The molecule has 2 aromatic carbocycles. The quantitative estimate of drug-likeness (QED) is 0.770. The van der Waals surface area contributed by atoms with Gasteiger partial charge in [-0.2, -0.15) is 0 Å². The Balaban J connectivity index is 2.39. The molecule has 118 valence electrons.